The Bertz CT molecular complexity index is 225. The minimum atomic E-state index is 0.329. The SMILES string of the molecule is C1=CC[C@H]2[C@@H](C1)COC21CCCC1. The van der Waals surface area contributed by atoms with E-state index in [4.69, 9.17) is 4.74 Å². The smallest absolute Gasteiger partial charge is 0.0717 e. The zero-order valence-electron chi connectivity index (χ0n) is 8.17. The van der Waals surface area contributed by atoms with E-state index in [1.165, 1.54) is 38.5 Å². The van der Waals surface area contributed by atoms with Crippen molar-refractivity contribution >= 4 is 0 Å². The van der Waals surface area contributed by atoms with Crippen LogP contribution in [0.3, 0.4) is 0 Å². The third kappa shape index (κ3) is 1.10. The predicted octanol–water partition coefficient (Wildman–Crippen LogP) is 2.91. The summed E-state index contributed by atoms with van der Waals surface area (Å²) in [4.78, 5) is 0. The van der Waals surface area contributed by atoms with Crippen LogP contribution in [0.5, 0.6) is 0 Å². The molecule has 0 radical (unpaired) electrons. The molecule has 2 aliphatic carbocycles. The first-order valence-corrected chi connectivity index (χ1v) is 5.70. The number of hydrogen-bond acceptors (Lipinski definition) is 1. The summed E-state index contributed by atoms with van der Waals surface area (Å²) >= 11 is 0. The number of hydrogen-bond donors (Lipinski definition) is 0. The van der Waals surface area contributed by atoms with E-state index in [1.807, 2.05) is 0 Å². The van der Waals surface area contributed by atoms with Gasteiger partial charge >= 0.3 is 0 Å². The molecular formula is C12H18O. The molecule has 1 saturated heterocycles. The van der Waals surface area contributed by atoms with Crippen LogP contribution in [-0.4, -0.2) is 12.2 Å². The van der Waals surface area contributed by atoms with Crippen LogP contribution >= 0.6 is 0 Å². The third-order valence-electron chi connectivity index (χ3n) is 4.28. The molecule has 1 heteroatoms. The topological polar surface area (TPSA) is 9.23 Å². The molecule has 0 aromatic heterocycles. The largest absolute Gasteiger partial charge is 0.374 e. The summed E-state index contributed by atoms with van der Waals surface area (Å²) in [5, 5.41) is 0. The molecule has 1 saturated carbocycles. The molecule has 3 aliphatic rings. The summed E-state index contributed by atoms with van der Waals surface area (Å²) in [7, 11) is 0. The summed E-state index contributed by atoms with van der Waals surface area (Å²) in [5.74, 6) is 1.71. The molecule has 0 unspecified atom stereocenters. The highest BCUT2D eigenvalue weighted by molar-refractivity contribution is 5.07. The first kappa shape index (κ1) is 8.05. The second-order valence-corrected chi connectivity index (χ2v) is 4.89. The maximum absolute atomic E-state index is 6.11. The Hall–Kier alpha value is -0.300. The van der Waals surface area contributed by atoms with E-state index in [1.54, 1.807) is 0 Å². The van der Waals surface area contributed by atoms with E-state index in [2.05, 4.69) is 12.2 Å². The lowest BCUT2D eigenvalue weighted by molar-refractivity contribution is -0.0149. The molecule has 1 nitrogen and oxygen atoms in total. The maximum Gasteiger partial charge on any atom is 0.0717 e. The monoisotopic (exact) mass is 178 g/mol. The van der Waals surface area contributed by atoms with Crippen LogP contribution < -0.4 is 0 Å². The van der Waals surface area contributed by atoms with Crippen molar-refractivity contribution in [3.05, 3.63) is 12.2 Å². The Kier molecular flexibility index (Phi) is 1.76. The van der Waals surface area contributed by atoms with Crippen molar-refractivity contribution in [3.63, 3.8) is 0 Å². The van der Waals surface area contributed by atoms with Crippen LogP contribution in [0.2, 0.25) is 0 Å². The fraction of sp³-hybridized carbons (Fsp3) is 0.833. The standard InChI is InChI=1S/C12H18O/c1-2-6-11-10(5-1)9-13-12(11)7-3-4-8-12/h1-2,10-11H,3-9H2/t10-,11-/m0/s1. The number of ether oxygens (including phenoxy) is 1. The summed E-state index contributed by atoms with van der Waals surface area (Å²) in [5.41, 5.74) is 0.329. The maximum atomic E-state index is 6.11. The lowest BCUT2D eigenvalue weighted by Gasteiger charge is -2.32. The van der Waals surface area contributed by atoms with Gasteiger partial charge < -0.3 is 4.74 Å². The molecule has 3 rings (SSSR count). The van der Waals surface area contributed by atoms with Crippen molar-refractivity contribution in [2.24, 2.45) is 11.8 Å². The van der Waals surface area contributed by atoms with Gasteiger partial charge in [-0.05, 0) is 37.5 Å². The highest BCUT2D eigenvalue weighted by Gasteiger charge is 2.50. The molecule has 0 aromatic carbocycles. The van der Waals surface area contributed by atoms with Gasteiger partial charge in [-0.15, -0.1) is 0 Å². The minimum absolute atomic E-state index is 0.329. The van der Waals surface area contributed by atoms with Crippen molar-refractivity contribution < 1.29 is 4.74 Å². The fourth-order valence-corrected chi connectivity index (χ4v) is 3.57. The summed E-state index contributed by atoms with van der Waals surface area (Å²) in [6, 6.07) is 0. The Morgan fingerprint density at radius 1 is 1.08 bits per heavy atom. The zero-order valence-corrected chi connectivity index (χ0v) is 8.17. The van der Waals surface area contributed by atoms with Gasteiger partial charge in [0.05, 0.1) is 12.2 Å². The molecule has 1 spiro atoms. The Labute approximate surface area is 80.2 Å². The number of fused-ring (bicyclic) bond motifs is 2. The van der Waals surface area contributed by atoms with Crippen LogP contribution in [0.4, 0.5) is 0 Å². The van der Waals surface area contributed by atoms with E-state index in [0.717, 1.165) is 18.4 Å². The molecule has 1 aliphatic heterocycles. The van der Waals surface area contributed by atoms with E-state index in [-0.39, 0.29) is 0 Å². The van der Waals surface area contributed by atoms with Gasteiger partial charge in [0.25, 0.3) is 0 Å². The van der Waals surface area contributed by atoms with Gasteiger partial charge in [-0.1, -0.05) is 25.0 Å². The molecule has 0 aromatic rings. The fourth-order valence-electron chi connectivity index (χ4n) is 3.57. The van der Waals surface area contributed by atoms with E-state index in [0.29, 0.717) is 5.60 Å². The Morgan fingerprint density at radius 3 is 2.69 bits per heavy atom. The summed E-state index contributed by atoms with van der Waals surface area (Å²) in [6.07, 6.45) is 12.7. The van der Waals surface area contributed by atoms with Gasteiger partial charge in [0.2, 0.25) is 0 Å². The first-order chi connectivity index (χ1) is 6.41. The van der Waals surface area contributed by atoms with Crippen molar-refractivity contribution in [1.29, 1.82) is 0 Å². The van der Waals surface area contributed by atoms with E-state index >= 15 is 0 Å². The molecule has 2 atom stereocenters. The van der Waals surface area contributed by atoms with Crippen LogP contribution in [0.1, 0.15) is 38.5 Å². The van der Waals surface area contributed by atoms with Crippen molar-refractivity contribution in [3.8, 4) is 0 Å². The number of allylic oxidation sites excluding steroid dienone is 2. The normalized spacial score (nSPS) is 41.2. The van der Waals surface area contributed by atoms with Gasteiger partial charge in [0.15, 0.2) is 0 Å². The Balaban J connectivity index is 1.86. The highest BCUT2D eigenvalue weighted by atomic mass is 16.5. The highest BCUT2D eigenvalue weighted by Crippen LogP contribution is 2.51. The average molecular weight is 178 g/mol. The predicted molar refractivity (Wildman–Crippen MR) is 52.5 cm³/mol. The zero-order chi connectivity index (χ0) is 8.73. The molecule has 0 amide bonds. The molecule has 72 valence electrons. The van der Waals surface area contributed by atoms with E-state index < -0.39 is 0 Å². The minimum Gasteiger partial charge on any atom is -0.374 e. The van der Waals surface area contributed by atoms with Gasteiger partial charge in [0.1, 0.15) is 0 Å². The van der Waals surface area contributed by atoms with Gasteiger partial charge in [-0.2, -0.15) is 0 Å². The van der Waals surface area contributed by atoms with Crippen molar-refractivity contribution in [2.45, 2.75) is 44.1 Å². The van der Waals surface area contributed by atoms with E-state index in [9.17, 15) is 0 Å². The van der Waals surface area contributed by atoms with Crippen LogP contribution in [0.25, 0.3) is 0 Å². The molecule has 0 bridgehead atoms. The van der Waals surface area contributed by atoms with Crippen LogP contribution in [-0.2, 0) is 4.74 Å². The molecule has 1 heterocycles. The lowest BCUT2D eigenvalue weighted by Crippen LogP contribution is -2.34. The average Bonchev–Trinajstić information content (AvgIpc) is 2.78. The molecule has 0 N–H and O–H groups in total. The van der Waals surface area contributed by atoms with Gasteiger partial charge in [-0.3, -0.25) is 0 Å². The molecule has 2 fully saturated rings. The van der Waals surface area contributed by atoms with Crippen LogP contribution in [0, 0.1) is 11.8 Å². The number of rotatable bonds is 0. The second-order valence-electron chi connectivity index (χ2n) is 4.89. The quantitative estimate of drug-likeness (QED) is 0.518. The molecular weight excluding hydrogens is 160 g/mol. The van der Waals surface area contributed by atoms with Gasteiger partial charge in [0, 0.05) is 0 Å². The summed E-state index contributed by atoms with van der Waals surface area (Å²) in [6.45, 7) is 1.04. The van der Waals surface area contributed by atoms with Gasteiger partial charge in [-0.25, -0.2) is 0 Å². The molecule has 13 heavy (non-hydrogen) atoms. The van der Waals surface area contributed by atoms with Crippen molar-refractivity contribution in [1.82, 2.24) is 0 Å². The summed E-state index contributed by atoms with van der Waals surface area (Å²) < 4.78 is 6.11. The van der Waals surface area contributed by atoms with Crippen molar-refractivity contribution in [2.75, 3.05) is 6.61 Å². The Morgan fingerprint density at radius 2 is 1.85 bits per heavy atom. The lowest BCUT2D eigenvalue weighted by atomic mass is 9.74. The van der Waals surface area contributed by atoms with Crippen LogP contribution in [0.15, 0.2) is 12.2 Å². The first-order valence-electron chi connectivity index (χ1n) is 5.70. The second kappa shape index (κ2) is 2.84. The third-order valence-corrected chi connectivity index (χ3v) is 4.28.